The zero-order chi connectivity index (χ0) is 17.0. The fraction of sp³-hybridized carbons (Fsp3) is 0.286. The number of alkyl halides is 2. The lowest BCUT2D eigenvalue weighted by molar-refractivity contribution is -0.0382. The molecular formula is C21H18F2N2. The number of pyridine rings is 1. The molecule has 0 atom stereocenters. The highest BCUT2D eigenvalue weighted by Crippen LogP contribution is 2.42. The maximum atomic E-state index is 13.5. The van der Waals surface area contributed by atoms with Gasteiger partial charge < -0.3 is 0 Å². The molecule has 1 saturated carbocycles. The van der Waals surface area contributed by atoms with E-state index in [-0.39, 0.29) is 18.8 Å². The summed E-state index contributed by atoms with van der Waals surface area (Å²) in [7, 11) is 0. The molecule has 5 rings (SSSR count). The predicted octanol–water partition coefficient (Wildman–Crippen LogP) is 5.93. The number of hydrogen-bond acceptors (Lipinski definition) is 1. The molecule has 1 aliphatic rings. The minimum Gasteiger partial charge on any atom is -0.299 e. The smallest absolute Gasteiger partial charge is 0.248 e. The Morgan fingerprint density at radius 3 is 2.52 bits per heavy atom. The van der Waals surface area contributed by atoms with Crippen LogP contribution in [0.4, 0.5) is 8.78 Å². The van der Waals surface area contributed by atoms with E-state index in [9.17, 15) is 8.78 Å². The Morgan fingerprint density at radius 2 is 1.72 bits per heavy atom. The SMILES string of the molecule is FC1(F)CCC(c2ccc3c(c2)c2ccccc2c2nccn32)CC1. The second-order valence-electron chi connectivity index (χ2n) is 7.07. The first-order valence-corrected chi connectivity index (χ1v) is 8.78. The van der Waals surface area contributed by atoms with Crippen molar-refractivity contribution in [2.75, 3.05) is 0 Å². The molecule has 0 saturated heterocycles. The van der Waals surface area contributed by atoms with Gasteiger partial charge >= 0.3 is 0 Å². The summed E-state index contributed by atoms with van der Waals surface area (Å²) in [5.41, 5.74) is 3.23. The molecule has 126 valence electrons. The van der Waals surface area contributed by atoms with Crippen LogP contribution in [-0.4, -0.2) is 15.3 Å². The van der Waals surface area contributed by atoms with Crippen LogP contribution in [0.15, 0.2) is 54.9 Å². The highest BCUT2D eigenvalue weighted by atomic mass is 19.3. The lowest BCUT2D eigenvalue weighted by Gasteiger charge is -2.28. The van der Waals surface area contributed by atoms with E-state index in [0.717, 1.165) is 21.9 Å². The maximum Gasteiger partial charge on any atom is 0.248 e. The van der Waals surface area contributed by atoms with Gasteiger partial charge in [-0.25, -0.2) is 13.8 Å². The van der Waals surface area contributed by atoms with Gasteiger partial charge in [-0.15, -0.1) is 0 Å². The van der Waals surface area contributed by atoms with Crippen LogP contribution in [0.3, 0.4) is 0 Å². The number of halogens is 2. The molecule has 0 N–H and O–H groups in total. The Hall–Kier alpha value is -2.49. The van der Waals surface area contributed by atoms with E-state index in [1.54, 1.807) is 0 Å². The summed E-state index contributed by atoms with van der Waals surface area (Å²) in [5, 5.41) is 3.45. The van der Waals surface area contributed by atoms with Crippen LogP contribution in [0, 0.1) is 0 Å². The fourth-order valence-electron chi connectivity index (χ4n) is 4.22. The summed E-state index contributed by atoms with van der Waals surface area (Å²) >= 11 is 0. The van der Waals surface area contributed by atoms with Gasteiger partial charge in [0.05, 0.1) is 5.52 Å². The summed E-state index contributed by atoms with van der Waals surface area (Å²) in [4.78, 5) is 4.50. The van der Waals surface area contributed by atoms with Gasteiger partial charge in [0.25, 0.3) is 0 Å². The first-order valence-electron chi connectivity index (χ1n) is 8.78. The summed E-state index contributed by atoms with van der Waals surface area (Å²) in [5.74, 6) is -2.26. The third kappa shape index (κ3) is 2.31. The average molecular weight is 336 g/mol. The third-order valence-electron chi connectivity index (χ3n) is 5.57. The number of imidazole rings is 1. The molecule has 2 heterocycles. The molecule has 2 aromatic heterocycles. The van der Waals surface area contributed by atoms with Gasteiger partial charge in [0.2, 0.25) is 5.92 Å². The predicted molar refractivity (Wildman–Crippen MR) is 96.4 cm³/mol. The standard InChI is InChI=1S/C21H18F2N2/c22-21(23)9-7-14(8-10-21)15-5-6-19-18(13-15)16-3-1-2-4-17(16)20-24-11-12-25(19)20/h1-6,11-14H,7-10H2. The molecule has 0 bridgehead atoms. The van der Waals surface area contributed by atoms with Crippen molar-refractivity contribution in [3.63, 3.8) is 0 Å². The van der Waals surface area contributed by atoms with Gasteiger partial charge in [0.1, 0.15) is 5.65 Å². The second kappa shape index (κ2) is 5.25. The van der Waals surface area contributed by atoms with Gasteiger partial charge in [-0.3, -0.25) is 4.40 Å². The van der Waals surface area contributed by atoms with Crippen molar-refractivity contribution in [2.24, 2.45) is 0 Å². The molecule has 1 fully saturated rings. The van der Waals surface area contributed by atoms with Crippen LogP contribution in [0.5, 0.6) is 0 Å². The zero-order valence-electron chi connectivity index (χ0n) is 13.8. The lowest BCUT2D eigenvalue weighted by Crippen LogP contribution is -2.23. The van der Waals surface area contributed by atoms with Crippen LogP contribution < -0.4 is 0 Å². The number of rotatable bonds is 1. The minimum atomic E-state index is -2.48. The van der Waals surface area contributed by atoms with Crippen molar-refractivity contribution in [1.82, 2.24) is 9.38 Å². The van der Waals surface area contributed by atoms with E-state index in [2.05, 4.69) is 39.7 Å². The largest absolute Gasteiger partial charge is 0.299 e. The minimum absolute atomic E-state index is 0.00297. The Bertz CT molecular complexity index is 1090. The molecule has 4 heteroatoms. The molecule has 0 amide bonds. The molecule has 0 radical (unpaired) electrons. The van der Waals surface area contributed by atoms with E-state index in [4.69, 9.17) is 0 Å². The first-order chi connectivity index (χ1) is 12.1. The Morgan fingerprint density at radius 1 is 0.960 bits per heavy atom. The van der Waals surface area contributed by atoms with Crippen LogP contribution in [0.1, 0.15) is 37.2 Å². The fourth-order valence-corrected chi connectivity index (χ4v) is 4.22. The molecule has 0 spiro atoms. The van der Waals surface area contributed by atoms with Crippen molar-refractivity contribution < 1.29 is 8.78 Å². The number of nitrogens with zero attached hydrogens (tertiary/aromatic N) is 2. The number of fused-ring (bicyclic) bond motifs is 6. The van der Waals surface area contributed by atoms with Gasteiger partial charge in [-0.1, -0.05) is 30.3 Å². The maximum absolute atomic E-state index is 13.5. The second-order valence-corrected chi connectivity index (χ2v) is 7.07. The van der Waals surface area contributed by atoms with E-state index >= 15 is 0 Å². The Balaban J connectivity index is 1.72. The first kappa shape index (κ1) is 14.8. The zero-order valence-corrected chi connectivity index (χ0v) is 13.8. The van der Waals surface area contributed by atoms with E-state index in [1.165, 1.54) is 10.9 Å². The molecular weight excluding hydrogens is 318 g/mol. The highest BCUT2D eigenvalue weighted by molar-refractivity contribution is 6.11. The van der Waals surface area contributed by atoms with Crippen LogP contribution in [-0.2, 0) is 0 Å². The lowest BCUT2D eigenvalue weighted by atomic mass is 9.82. The van der Waals surface area contributed by atoms with Crippen molar-refractivity contribution in [3.8, 4) is 0 Å². The van der Waals surface area contributed by atoms with Crippen molar-refractivity contribution in [1.29, 1.82) is 0 Å². The van der Waals surface area contributed by atoms with Crippen molar-refractivity contribution in [2.45, 2.75) is 37.5 Å². The molecule has 0 unspecified atom stereocenters. The van der Waals surface area contributed by atoms with Gasteiger partial charge in [0, 0.05) is 36.0 Å². The van der Waals surface area contributed by atoms with Gasteiger partial charge in [0.15, 0.2) is 0 Å². The van der Waals surface area contributed by atoms with Crippen LogP contribution in [0.25, 0.3) is 27.3 Å². The number of hydrogen-bond donors (Lipinski definition) is 0. The summed E-state index contributed by atoms with van der Waals surface area (Å²) < 4.78 is 29.1. The molecule has 2 aromatic carbocycles. The Kier molecular flexibility index (Phi) is 3.11. The average Bonchev–Trinajstić information content (AvgIpc) is 3.12. The highest BCUT2D eigenvalue weighted by Gasteiger charge is 2.35. The molecule has 0 aliphatic heterocycles. The summed E-state index contributed by atoms with van der Waals surface area (Å²) in [6, 6.07) is 14.7. The molecule has 1 aliphatic carbocycles. The third-order valence-corrected chi connectivity index (χ3v) is 5.57. The topological polar surface area (TPSA) is 17.3 Å². The molecule has 4 aromatic rings. The summed E-state index contributed by atoms with van der Waals surface area (Å²) in [6.07, 6.45) is 4.91. The Labute approximate surface area is 144 Å². The van der Waals surface area contributed by atoms with Crippen molar-refractivity contribution in [3.05, 3.63) is 60.4 Å². The van der Waals surface area contributed by atoms with Gasteiger partial charge in [-0.05, 0) is 41.8 Å². The number of aromatic nitrogens is 2. The van der Waals surface area contributed by atoms with E-state index < -0.39 is 5.92 Å². The van der Waals surface area contributed by atoms with Crippen LogP contribution >= 0.6 is 0 Å². The van der Waals surface area contributed by atoms with E-state index in [1.807, 2.05) is 24.5 Å². The summed E-state index contributed by atoms with van der Waals surface area (Å²) in [6.45, 7) is 0. The monoisotopic (exact) mass is 336 g/mol. The van der Waals surface area contributed by atoms with Gasteiger partial charge in [-0.2, -0.15) is 0 Å². The number of benzene rings is 2. The van der Waals surface area contributed by atoms with E-state index in [0.29, 0.717) is 12.8 Å². The van der Waals surface area contributed by atoms with Crippen LogP contribution in [0.2, 0.25) is 0 Å². The molecule has 2 nitrogen and oxygen atoms in total. The quantitative estimate of drug-likeness (QED) is 0.394. The van der Waals surface area contributed by atoms with Crippen molar-refractivity contribution >= 4 is 27.3 Å². The molecule has 25 heavy (non-hydrogen) atoms. The normalized spacial score (nSPS) is 18.3.